The van der Waals surface area contributed by atoms with Crippen molar-refractivity contribution < 1.29 is 9.53 Å². The van der Waals surface area contributed by atoms with Crippen LogP contribution in [0.25, 0.3) is 10.8 Å². The van der Waals surface area contributed by atoms with E-state index in [-0.39, 0.29) is 5.91 Å². The predicted octanol–water partition coefficient (Wildman–Crippen LogP) is 1.85. The molecule has 5 heteroatoms. The summed E-state index contributed by atoms with van der Waals surface area (Å²) >= 11 is 0. The number of aromatic nitrogens is 1. The zero-order chi connectivity index (χ0) is 15.5. The monoisotopic (exact) mass is 299 g/mol. The number of hydrogen-bond acceptors (Lipinski definition) is 4. The number of nitrogens with zero attached hydrogens (tertiary/aromatic N) is 2. The van der Waals surface area contributed by atoms with Gasteiger partial charge >= 0.3 is 0 Å². The van der Waals surface area contributed by atoms with Gasteiger partial charge in [0.15, 0.2) is 0 Å². The Hall–Kier alpha value is -2.14. The number of anilines is 1. The average Bonchev–Trinajstić information content (AvgIpc) is 2.84. The Morgan fingerprint density at radius 2 is 2.23 bits per heavy atom. The van der Waals surface area contributed by atoms with E-state index in [9.17, 15) is 4.79 Å². The number of nitrogens with two attached hydrogens (primary N) is 1. The fourth-order valence-corrected chi connectivity index (χ4v) is 3.08. The third kappa shape index (κ3) is 3.20. The molecule has 1 aliphatic rings. The highest BCUT2D eigenvalue weighted by atomic mass is 16.5. The Balaban J connectivity index is 1.69. The summed E-state index contributed by atoms with van der Waals surface area (Å²) in [5.74, 6) is 1.14. The molecule has 116 valence electrons. The summed E-state index contributed by atoms with van der Waals surface area (Å²) in [6.45, 7) is 2.10. The molecule has 22 heavy (non-hydrogen) atoms. The van der Waals surface area contributed by atoms with Crippen molar-refractivity contribution in [3.63, 3.8) is 0 Å². The first-order valence-electron chi connectivity index (χ1n) is 7.56. The Labute approximate surface area is 130 Å². The molecule has 1 saturated heterocycles. The number of carbonyl (C=O) groups is 1. The molecule has 2 N–H and O–H groups in total. The number of nitrogen functional groups attached to an aromatic ring is 1. The fraction of sp³-hybridized carbons (Fsp3) is 0.412. The SMILES string of the molecule is COCCN1C[C@H](Cc2ccc3cnc(N)cc3c2)CC1=O. The van der Waals surface area contributed by atoms with E-state index in [1.54, 1.807) is 13.3 Å². The summed E-state index contributed by atoms with van der Waals surface area (Å²) in [7, 11) is 1.66. The molecular formula is C17H21N3O2. The maximum Gasteiger partial charge on any atom is 0.223 e. The number of methoxy groups -OCH3 is 1. The first-order chi connectivity index (χ1) is 10.7. The molecule has 1 aromatic heterocycles. The van der Waals surface area contributed by atoms with Crippen LogP contribution in [0.15, 0.2) is 30.5 Å². The average molecular weight is 299 g/mol. The van der Waals surface area contributed by atoms with E-state index in [2.05, 4.69) is 23.2 Å². The quantitative estimate of drug-likeness (QED) is 0.915. The molecule has 0 radical (unpaired) electrons. The molecule has 1 aliphatic heterocycles. The zero-order valence-electron chi connectivity index (χ0n) is 12.8. The number of rotatable bonds is 5. The lowest BCUT2D eigenvalue weighted by Gasteiger charge is -2.16. The Bertz CT molecular complexity index is 687. The Kier molecular flexibility index (Phi) is 4.24. The molecule has 2 heterocycles. The minimum atomic E-state index is 0.233. The third-order valence-corrected chi connectivity index (χ3v) is 4.19. The number of ether oxygens (including phenoxy) is 1. The molecule has 1 atom stereocenters. The van der Waals surface area contributed by atoms with E-state index >= 15 is 0 Å². The Morgan fingerprint density at radius 1 is 1.36 bits per heavy atom. The Morgan fingerprint density at radius 3 is 3.05 bits per heavy atom. The van der Waals surface area contributed by atoms with Gasteiger partial charge in [-0.25, -0.2) is 4.98 Å². The maximum atomic E-state index is 12.0. The molecular weight excluding hydrogens is 278 g/mol. The van der Waals surface area contributed by atoms with Gasteiger partial charge in [-0.1, -0.05) is 18.2 Å². The summed E-state index contributed by atoms with van der Waals surface area (Å²) < 4.78 is 5.05. The van der Waals surface area contributed by atoms with Gasteiger partial charge < -0.3 is 15.4 Å². The zero-order valence-corrected chi connectivity index (χ0v) is 12.8. The second-order valence-corrected chi connectivity index (χ2v) is 5.90. The van der Waals surface area contributed by atoms with E-state index < -0.39 is 0 Å². The standard InChI is InChI=1S/C17H21N3O2/c1-22-5-4-20-11-13(8-17(20)21)6-12-2-3-14-10-19-16(18)9-15(14)7-12/h2-3,7,9-10,13H,4-6,8,11H2,1H3,(H2,18,19)/t13-/m1/s1. The van der Waals surface area contributed by atoms with Crippen molar-refractivity contribution in [2.75, 3.05) is 32.5 Å². The van der Waals surface area contributed by atoms with Gasteiger partial charge in [0, 0.05) is 38.2 Å². The van der Waals surface area contributed by atoms with Crippen molar-refractivity contribution in [3.05, 3.63) is 36.0 Å². The van der Waals surface area contributed by atoms with Crippen LogP contribution in [0.1, 0.15) is 12.0 Å². The smallest absolute Gasteiger partial charge is 0.223 e. The molecule has 0 bridgehead atoms. The summed E-state index contributed by atoms with van der Waals surface area (Å²) in [5.41, 5.74) is 6.99. The van der Waals surface area contributed by atoms with Crippen LogP contribution < -0.4 is 5.73 Å². The van der Waals surface area contributed by atoms with E-state index in [1.807, 2.05) is 11.0 Å². The van der Waals surface area contributed by atoms with Gasteiger partial charge in [0.05, 0.1) is 6.61 Å². The summed E-state index contributed by atoms with van der Waals surface area (Å²) in [6.07, 6.45) is 3.33. The molecule has 5 nitrogen and oxygen atoms in total. The van der Waals surface area contributed by atoms with Gasteiger partial charge in [-0.3, -0.25) is 4.79 Å². The lowest BCUT2D eigenvalue weighted by atomic mass is 9.97. The second-order valence-electron chi connectivity index (χ2n) is 5.90. The minimum absolute atomic E-state index is 0.233. The molecule has 0 aliphatic carbocycles. The number of benzene rings is 1. The van der Waals surface area contributed by atoms with E-state index in [0.29, 0.717) is 31.3 Å². The lowest BCUT2D eigenvalue weighted by molar-refractivity contribution is -0.128. The van der Waals surface area contributed by atoms with Crippen molar-refractivity contribution in [2.45, 2.75) is 12.8 Å². The number of fused-ring (bicyclic) bond motifs is 1. The van der Waals surface area contributed by atoms with E-state index in [1.165, 1.54) is 5.56 Å². The largest absolute Gasteiger partial charge is 0.384 e. The molecule has 1 amide bonds. The van der Waals surface area contributed by atoms with Crippen molar-refractivity contribution >= 4 is 22.5 Å². The molecule has 1 fully saturated rings. The highest BCUT2D eigenvalue weighted by molar-refractivity contribution is 5.84. The maximum absolute atomic E-state index is 12.0. The van der Waals surface area contributed by atoms with Crippen LogP contribution >= 0.6 is 0 Å². The number of carbonyl (C=O) groups excluding carboxylic acids is 1. The van der Waals surface area contributed by atoms with Crippen molar-refractivity contribution in [3.8, 4) is 0 Å². The topological polar surface area (TPSA) is 68.4 Å². The molecule has 0 unspecified atom stereocenters. The minimum Gasteiger partial charge on any atom is -0.384 e. The van der Waals surface area contributed by atoms with Gasteiger partial charge in [0.1, 0.15) is 5.82 Å². The van der Waals surface area contributed by atoms with Crippen LogP contribution in [-0.2, 0) is 16.0 Å². The van der Waals surface area contributed by atoms with Gasteiger partial charge in [-0.15, -0.1) is 0 Å². The predicted molar refractivity (Wildman–Crippen MR) is 86.4 cm³/mol. The normalized spacial score (nSPS) is 18.3. The third-order valence-electron chi connectivity index (χ3n) is 4.19. The first kappa shape index (κ1) is 14.8. The molecule has 2 aromatic rings. The van der Waals surface area contributed by atoms with Crippen molar-refractivity contribution in [1.82, 2.24) is 9.88 Å². The van der Waals surface area contributed by atoms with E-state index in [0.717, 1.165) is 23.7 Å². The summed E-state index contributed by atoms with van der Waals surface area (Å²) in [4.78, 5) is 18.0. The van der Waals surface area contributed by atoms with Gasteiger partial charge in [-0.05, 0) is 29.4 Å². The van der Waals surface area contributed by atoms with Crippen LogP contribution in [0, 0.1) is 5.92 Å². The number of amides is 1. The van der Waals surface area contributed by atoms with Crippen LogP contribution in [0.3, 0.4) is 0 Å². The number of pyridine rings is 1. The van der Waals surface area contributed by atoms with Gasteiger partial charge in [0.2, 0.25) is 5.91 Å². The van der Waals surface area contributed by atoms with Crippen LogP contribution in [0.2, 0.25) is 0 Å². The molecule has 1 aromatic carbocycles. The lowest BCUT2D eigenvalue weighted by Crippen LogP contribution is -2.28. The van der Waals surface area contributed by atoms with Crippen molar-refractivity contribution in [1.29, 1.82) is 0 Å². The van der Waals surface area contributed by atoms with Gasteiger partial charge in [-0.2, -0.15) is 0 Å². The molecule has 0 saturated carbocycles. The summed E-state index contributed by atoms with van der Waals surface area (Å²) in [6, 6.07) is 8.22. The second kappa shape index (κ2) is 6.32. The molecule has 0 spiro atoms. The van der Waals surface area contributed by atoms with Crippen LogP contribution in [0.4, 0.5) is 5.82 Å². The number of likely N-dealkylation sites (tertiary alicyclic amines) is 1. The van der Waals surface area contributed by atoms with Crippen LogP contribution in [0.5, 0.6) is 0 Å². The first-order valence-corrected chi connectivity index (χ1v) is 7.56. The van der Waals surface area contributed by atoms with E-state index in [4.69, 9.17) is 10.5 Å². The fourth-order valence-electron chi connectivity index (χ4n) is 3.08. The van der Waals surface area contributed by atoms with Crippen molar-refractivity contribution in [2.24, 2.45) is 5.92 Å². The highest BCUT2D eigenvalue weighted by Gasteiger charge is 2.29. The van der Waals surface area contributed by atoms with Crippen LogP contribution in [-0.4, -0.2) is 42.6 Å². The number of hydrogen-bond donors (Lipinski definition) is 1. The molecule has 3 rings (SSSR count). The van der Waals surface area contributed by atoms with Gasteiger partial charge in [0.25, 0.3) is 0 Å². The summed E-state index contributed by atoms with van der Waals surface area (Å²) in [5, 5.41) is 2.19. The highest BCUT2D eigenvalue weighted by Crippen LogP contribution is 2.24.